The van der Waals surface area contributed by atoms with E-state index in [9.17, 15) is 0 Å². The van der Waals surface area contributed by atoms with E-state index >= 15 is 0 Å². The van der Waals surface area contributed by atoms with Crippen molar-refractivity contribution in [2.45, 2.75) is 25.4 Å². The number of likely N-dealkylation sites (N-methyl/N-ethyl adjacent to an activating group) is 1. The van der Waals surface area contributed by atoms with Gasteiger partial charge in [0.2, 0.25) is 0 Å². The highest BCUT2D eigenvalue weighted by Gasteiger charge is 2.23. The summed E-state index contributed by atoms with van der Waals surface area (Å²) < 4.78 is 1.87. The highest BCUT2D eigenvalue weighted by molar-refractivity contribution is 5.04. The van der Waals surface area contributed by atoms with Crippen LogP contribution in [0.3, 0.4) is 0 Å². The standard InChI is InChI=1S/C11H20N4/c1-12-7-11-4-3-5-15(11)9-10-6-13-14(2)8-10/h6,8,11-12H,3-5,7,9H2,1-2H3. The van der Waals surface area contributed by atoms with Gasteiger partial charge in [-0.25, -0.2) is 0 Å². The highest BCUT2D eigenvalue weighted by atomic mass is 15.3. The molecule has 1 aromatic rings. The third-order valence-electron chi connectivity index (χ3n) is 3.08. The van der Waals surface area contributed by atoms with E-state index in [-0.39, 0.29) is 0 Å². The van der Waals surface area contributed by atoms with E-state index in [0.717, 1.165) is 13.1 Å². The smallest absolute Gasteiger partial charge is 0.0534 e. The van der Waals surface area contributed by atoms with E-state index in [1.54, 1.807) is 0 Å². The fraction of sp³-hybridized carbons (Fsp3) is 0.727. The molecule has 0 radical (unpaired) electrons. The fourth-order valence-electron chi connectivity index (χ4n) is 2.36. The number of likely N-dealkylation sites (tertiary alicyclic amines) is 1. The summed E-state index contributed by atoms with van der Waals surface area (Å²) in [4.78, 5) is 2.55. The van der Waals surface area contributed by atoms with Gasteiger partial charge in [-0.2, -0.15) is 5.10 Å². The Morgan fingerprint density at radius 2 is 2.47 bits per heavy atom. The molecule has 15 heavy (non-hydrogen) atoms. The topological polar surface area (TPSA) is 33.1 Å². The van der Waals surface area contributed by atoms with Gasteiger partial charge < -0.3 is 5.32 Å². The van der Waals surface area contributed by atoms with Crippen LogP contribution in [0.1, 0.15) is 18.4 Å². The molecule has 1 unspecified atom stereocenters. The molecule has 4 heteroatoms. The second kappa shape index (κ2) is 4.77. The molecule has 84 valence electrons. The van der Waals surface area contributed by atoms with Gasteiger partial charge in [0.05, 0.1) is 6.20 Å². The van der Waals surface area contributed by atoms with Crippen molar-refractivity contribution in [3.05, 3.63) is 18.0 Å². The predicted octanol–water partition coefficient (Wildman–Crippen LogP) is 0.604. The Morgan fingerprint density at radius 1 is 1.60 bits per heavy atom. The number of hydrogen-bond donors (Lipinski definition) is 1. The Morgan fingerprint density at radius 3 is 3.13 bits per heavy atom. The lowest BCUT2D eigenvalue weighted by Gasteiger charge is -2.23. The van der Waals surface area contributed by atoms with Gasteiger partial charge >= 0.3 is 0 Å². The summed E-state index contributed by atoms with van der Waals surface area (Å²) in [6.45, 7) is 3.36. The molecule has 0 aromatic carbocycles. The van der Waals surface area contributed by atoms with Gasteiger partial charge in [-0.3, -0.25) is 9.58 Å². The third kappa shape index (κ3) is 2.58. The van der Waals surface area contributed by atoms with Crippen molar-refractivity contribution in [1.82, 2.24) is 20.0 Å². The minimum atomic E-state index is 0.704. The highest BCUT2D eigenvalue weighted by Crippen LogP contribution is 2.19. The minimum absolute atomic E-state index is 0.704. The van der Waals surface area contributed by atoms with Gasteiger partial charge in [0.1, 0.15) is 0 Å². The van der Waals surface area contributed by atoms with Crippen molar-refractivity contribution in [3.63, 3.8) is 0 Å². The molecule has 0 amide bonds. The van der Waals surface area contributed by atoms with Crippen LogP contribution < -0.4 is 5.32 Å². The molecule has 1 N–H and O–H groups in total. The maximum atomic E-state index is 4.20. The maximum absolute atomic E-state index is 4.20. The molecule has 1 atom stereocenters. The summed E-state index contributed by atoms with van der Waals surface area (Å²) in [7, 11) is 4.00. The average Bonchev–Trinajstić information content (AvgIpc) is 2.78. The quantitative estimate of drug-likeness (QED) is 0.787. The zero-order valence-electron chi connectivity index (χ0n) is 9.61. The minimum Gasteiger partial charge on any atom is -0.318 e. The molecule has 1 fully saturated rings. The van der Waals surface area contributed by atoms with Crippen LogP contribution in [-0.4, -0.2) is 40.9 Å². The molecule has 1 aliphatic rings. The van der Waals surface area contributed by atoms with E-state index in [4.69, 9.17) is 0 Å². The van der Waals surface area contributed by atoms with Gasteiger partial charge in [-0.15, -0.1) is 0 Å². The molecule has 1 aromatic heterocycles. The zero-order chi connectivity index (χ0) is 10.7. The third-order valence-corrected chi connectivity index (χ3v) is 3.08. The first kappa shape index (κ1) is 10.6. The lowest BCUT2D eigenvalue weighted by atomic mass is 10.2. The van der Waals surface area contributed by atoms with Gasteiger partial charge in [-0.1, -0.05) is 0 Å². The molecule has 1 aliphatic heterocycles. The van der Waals surface area contributed by atoms with E-state index in [1.165, 1.54) is 24.9 Å². The largest absolute Gasteiger partial charge is 0.318 e. The Labute approximate surface area is 91.3 Å². The monoisotopic (exact) mass is 208 g/mol. The van der Waals surface area contributed by atoms with Gasteiger partial charge in [0.15, 0.2) is 0 Å². The van der Waals surface area contributed by atoms with Crippen LogP contribution in [0, 0.1) is 0 Å². The van der Waals surface area contributed by atoms with Gasteiger partial charge in [0.25, 0.3) is 0 Å². The number of hydrogen-bond acceptors (Lipinski definition) is 3. The zero-order valence-corrected chi connectivity index (χ0v) is 9.61. The number of nitrogens with zero attached hydrogens (tertiary/aromatic N) is 3. The molecule has 1 saturated heterocycles. The lowest BCUT2D eigenvalue weighted by molar-refractivity contribution is 0.242. The van der Waals surface area contributed by atoms with Crippen molar-refractivity contribution in [2.75, 3.05) is 20.1 Å². The van der Waals surface area contributed by atoms with Crippen LogP contribution in [0.25, 0.3) is 0 Å². The number of nitrogens with one attached hydrogen (secondary N) is 1. The van der Waals surface area contributed by atoms with Crippen LogP contribution in [0.4, 0.5) is 0 Å². The van der Waals surface area contributed by atoms with Gasteiger partial charge in [-0.05, 0) is 26.4 Å². The lowest BCUT2D eigenvalue weighted by Crippen LogP contribution is -2.36. The summed E-state index contributed by atoms with van der Waals surface area (Å²) >= 11 is 0. The van der Waals surface area contributed by atoms with Crippen molar-refractivity contribution >= 4 is 0 Å². The van der Waals surface area contributed by atoms with Crippen LogP contribution in [-0.2, 0) is 13.6 Å². The Bertz CT molecular complexity index is 307. The van der Waals surface area contributed by atoms with Crippen molar-refractivity contribution in [3.8, 4) is 0 Å². The maximum Gasteiger partial charge on any atom is 0.0534 e. The van der Waals surface area contributed by atoms with E-state index < -0.39 is 0 Å². The Kier molecular flexibility index (Phi) is 3.38. The molecule has 0 aliphatic carbocycles. The van der Waals surface area contributed by atoms with Crippen LogP contribution in [0.15, 0.2) is 12.4 Å². The fourth-order valence-corrected chi connectivity index (χ4v) is 2.36. The molecule has 0 bridgehead atoms. The van der Waals surface area contributed by atoms with Gasteiger partial charge in [0, 0.05) is 37.9 Å². The molecule has 4 nitrogen and oxygen atoms in total. The summed E-state index contributed by atoms with van der Waals surface area (Å²) in [6, 6.07) is 0.704. The molecular weight excluding hydrogens is 188 g/mol. The van der Waals surface area contributed by atoms with Crippen molar-refractivity contribution < 1.29 is 0 Å². The normalized spacial score (nSPS) is 22.4. The molecule has 0 spiro atoms. The van der Waals surface area contributed by atoms with Crippen molar-refractivity contribution in [1.29, 1.82) is 0 Å². The summed E-state index contributed by atoms with van der Waals surface area (Å²) in [5.74, 6) is 0. The Hall–Kier alpha value is -0.870. The average molecular weight is 208 g/mol. The van der Waals surface area contributed by atoms with Crippen LogP contribution in [0.5, 0.6) is 0 Å². The summed E-state index contributed by atoms with van der Waals surface area (Å²) in [6.07, 6.45) is 6.72. The van der Waals surface area contributed by atoms with Crippen LogP contribution in [0.2, 0.25) is 0 Å². The van der Waals surface area contributed by atoms with E-state index in [0.29, 0.717) is 6.04 Å². The summed E-state index contributed by atoms with van der Waals surface area (Å²) in [5, 5.41) is 7.47. The molecular formula is C11H20N4. The second-order valence-corrected chi connectivity index (χ2v) is 4.35. The number of rotatable bonds is 4. The first-order valence-electron chi connectivity index (χ1n) is 5.66. The number of aryl methyl sites for hydroxylation is 1. The number of aromatic nitrogens is 2. The first-order chi connectivity index (χ1) is 7.29. The predicted molar refractivity (Wildman–Crippen MR) is 60.6 cm³/mol. The summed E-state index contributed by atoms with van der Waals surface area (Å²) in [5.41, 5.74) is 1.32. The van der Waals surface area contributed by atoms with E-state index in [2.05, 4.69) is 21.5 Å². The SMILES string of the molecule is CNCC1CCCN1Cc1cnn(C)c1. The Balaban J connectivity index is 1.93. The second-order valence-electron chi connectivity index (χ2n) is 4.35. The molecule has 0 saturated carbocycles. The molecule has 2 rings (SSSR count). The van der Waals surface area contributed by atoms with E-state index in [1.807, 2.05) is 25.0 Å². The first-order valence-corrected chi connectivity index (χ1v) is 5.66. The van der Waals surface area contributed by atoms with Crippen LogP contribution >= 0.6 is 0 Å². The molecule has 2 heterocycles. The van der Waals surface area contributed by atoms with Crippen molar-refractivity contribution in [2.24, 2.45) is 7.05 Å².